The van der Waals surface area contributed by atoms with Crippen molar-refractivity contribution in [1.82, 2.24) is 0 Å². The number of ether oxygens (including phenoxy) is 2. The van der Waals surface area contributed by atoms with Gasteiger partial charge in [-0.25, -0.2) is 0 Å². The summed E-state index contributed by atoms with van der Waals surface area (Å²) in [5, 5.41) is 0. The molecule has 2 aliphatic rings. The lowest BCUT2D eigenvalue weighted by atomic mass is 9.72. The van der Waals surface area contributed by atoms with Crippen LogP contribution in [0, 0.1) is 19.8 Å². The quantitative estimate of drug-likeness (QED) is 0.749. The third-order valence-corrected chi connectivity index (χ3v) is 5.79. The number of benzene rings is 1. The Balaban J connectivity index is 1.81. The van der Waals surface area contributed by atoms with Gasteiger partial charge in [-0.2, -0.15) is 0 Å². The summed E-state index contributed by atoms with van der Waals surface area (Å²) < 4.78 is 12.8. The van der Waals surface area contributed by atoms with E-state index in [0.717, 1.165) is 18.4 Å². The molecule has 2 bridgehead atoms. The van der Waals surface area contributed by atoms with Gasteiger partial charge in [0, 0.05) is 0 Å². The first kappa shape index (κ1) is 15.8. The lowest BCUT2D eigenvalue weighted by Crippen LogP contribution is -2.40. The number of hydrogen-bond acceptors (Lipinski definition) is 2. The average Bonchev–Trinajstić information content (AvgIpc) is 2.90. The second kappa shape index (κ2) is 5.21. The molecule has 2 aliphatic heterocycles. The first-order chi connectivity index (χ1) is 10.3. The molecule has 2 nitrogen and oxygen atoms in total. The monoisotopic (exact) mass is 300 g/mol. The van der Waals surface area contributed by atoms with Crippen LogP contribution in [-0.4, -0.2) is 17.3 Å². The van der Waals surface area contributed by atoms with Crippen LogP contribution < -0.4 is 0 Å². The lowest BCUT2D eigenvalue weighted by Gasteiger charge is -2.34. The van der Waals surface area contributed by atoms with Crippen LogP contribution in [-0.2, 0) is 16.1 Å². The number of fused-ring (bicyclic) bond motifs is 2. The summed E-state index contributed by atoms with van der Waals surface area (Å²) in [6.07, 6.45) is 2.13. The molecular weight excluding hydrogens is 272 g/mol. The molecule has 0 spiro atoms. The van der Waals surface area contributed by atoms with Gasteiger partial charge in [0.05, 0.1) is 17.8 Å². The van der Waals surface area contributed by atoms with E-state index in [1.807, 2.05) is 0 Å². The largest absolute Gasteiger partial charge is 0.366 e. The number of aryl methyl sites for hydroxylation is 2. The SMILES string of the molecule is C=C1[C@@H](OCc2c(C)cccc2C)[C@]2(C)CC[C@@]1(C(C)C)O2. The van der Waals surface area contributed by atoms with Crippen molar-refractivity contribution in [1.29, 1.82) is 0 Å². The summed E-state index contributed by atoms with van der Waals surface area (Å²) in [6.45, 7) is 15.9. The Morgan fingerprint density at radius 3 is 2.45 bits per heavy atom. The van der Waals surface area contributed by atoms with Crippen molar-refractivity contribution in [3.05, 3.63) is 47.0 Å². The van der Waals surface area contributed by atoms with Crippen LogP contribution in [0.3, 0.4) is 0 Å². The minimum Gasteiger partial charge on any atom is -0.366 e. The van der Waals surface area contributed by atoms with E-state index in [1.165, 1.54) is 16.7 Å². The van der Waals surface area contributed by atoms with Gasteiger partial charge in [0.1, 0.15) is 6.10 Å². The molecule has 0 aromatic heterocycles. The van der Waals surface area contributed by atoms with Gasteiger partial charge in [0.25, 0.3) is 0 Å². The molecule has 0 unspecified atom stereocenters. The van der Waals surface area contributed by atoms with E-state index in [4.69, 9.17) is 9.47 Å². The predicted octanol–water partition coefficient (Wildman–Crippen LogP) is 4.72. The second-order valence-corrected chi connectivity index (χ2v) is 7.55. The Morgan fingerprint density at radius 1 is 1.27 bits per heavy atom. The van der Waals surface area contributed by atoms with Gasteiger partial charge < -0.3 is 9.47 Å². The Morgan fingerprint density at radius 2 is 1.91 bits per heavy atom. The molecule has 0 saturated carbocycles. The fourth-order valence-electron chi connectivity index (χ4n) is 4.25. The highest BCUT2D eigenvalue weighted by molar-refractivity contribution is 5.35. The molecule has 1 aromatic rings. The molecule has 2 saturated heterocycles. The van der Waals surface area contributed by atoms with Crippen LogP contribution in [0.15, 0.2) is 30.4 Å². The number of hydrogen-bond donors (Lipinski definition) is 0. The van der Waals surface area contributed by atoms with Gasteiger partial charge in [-0.15, -0.1) is 0 Å². The number of rotatable bonds is 4. The van der Waals surface area contributed by atoms with Gasteiger partial charge >= 0.3 is 0 Å². The second-order valence-electron chi connectivity index (χ2n) is 7.55. The fraction of sp³-hybridized carbons (Fsp3) is 0.600. The van der Waals surface area contributed by atoms with Crippen molar-refractivity contribution in [2.75, 3.05) is 0 Å². The van der Waals surface area contributed by atoms with E-state index < -0.39 is 0 Å². The molecule has 2 heteroatoms. The van der Waals surface area contributed by atoms with E-state index in [-0.39, 0.29) is 17.3 Å². The smallest absolute Gasteiger partial charge is 0.110 e. The highest BCUT2D eigenvalue weighted by Gasteiger charge is 2.63. The minimum atomic E-state index is -0.210. The summed E-state index contributed by atoms with van der Waals surface area (Å²) in [5.41, 5.74) is 4.62. The van der Waals surface area contributed by atoms with Crippen molar-refractivity contribution in [2.24, 2.45) is 5.92 Å². The fourth-order valence-corrected chi connectivity index (χ4v) is 4.25. The van der Waals surface area contributed by atoms with Gasteiger partial charge in [-0.1, -0.05) is 38.6 Å². The van der Waals surface area contributed by atoms with Crippen molar-refractivity contribution in [2.45, 2.75) is 71.4 Å². The highest BCUT2D eigenvalue weighted by Crippen LogP contribution is 2.57. The van der Waals surface area contributed by atoms with Gasteiger partial charge in [-0.05, 0) is 61.8 Å². The zero-order valence-electron chi connectivity index (χ0n) is 14.5. The van der Waals surface area contributed by atoms with E-state index in [9.17, 15) is 0 Å². The van der Waals surface area contributed by atoms with Crippen molar-refractivity contribution >= 4 is 0 Å². The normalized spacial score (nSPS) is 33.9. The first-order valence-electron chi connectivity index (χ1n) is 8.36. The van der Waals surface area contributed by atoms with Crippen LogP contribution in [0.4, 0.5) is 0 Å². The summed E-state index contributed by atoms with van der Waals surface area (Å²) >= 11 is 0. The van der Waals surface area contributed by atoms with Gasteiger partial charge in [0.15, 0.2) is 0 Å². The van der Waals surface area contributed by atoms with Gasteiger partial charge in [-0.3, -0.25) is 0 Å². The zero-order valence-corrected chi connectivity index (χ0v) is 14.5. The predicted molar refractivity (Wildman–Crippen MR) is 89.9 cm³/mol. The topological polar surface area (TPSA) is 18.5 Å². The molecule has 3 atom stereocenters. The van der Waals surface area contributed by atoms with Crippen molar-refractivity contribution < 1.29 is 9.47 Å². The zero-order chi connectivity index (χ0) is 16.1. The maximum absolute atomic E-state index is 6.46. The standard InChI is InChI=1S/C20H28O2/c1-13(2)20-11-10-19(6,22-20)18(16(20)5)21-12-17-14(3)8-7-9-15(17)4/h7-9,13,18H,5,10-12H2,1-4,6H3/t18-,19+,20+/m1/s1. The Labute approximate surface area is 134 Å². The summed E-state index contributed by atoms with van der Waals surface area (Å²) in [7, 11) is 0. The molecule has 2 heterocycles. The molecule has 0 aliphatic carbocycles. The van der Waals surface area contributed by atoms with E-state index in [1.54, 1.807) is 0 Å². The van der Waals surface area contributed by atoms with Crippen LogP contribution in [0.1, 0.15) is 50.3 Å². The van der Waals surface area contributed by atoms with E-state index in [2.05, 4.69) is 59.4 Å². The van der Waals surface area contributed by atoms with Crippen molar-refractivity contribution in [3.63, 3.8) is 0 Å². The van der Waals surface area contributed by atoms with Crippen LogP contribution in [0.25, 0.3) is 0 Å². The third kappa shape index (κ3) is 2.16. The Kier molecular flexibility index (Phi) is 3.73. The molecule has 120 valence electrons. The third-order valence-electron chi connectivity index (χ3n) is 5.79. The first-order valence-corrected chi connectivity index (χ1v) is 8.36. The highest BCUT2D eigenvalue weighted by atomic mass is 16.6. The molecule has 2 fully saturated rings. The molecule has 3 rings (SSSR count). The molecule has 1 aromatic carbocycles. The van der Waals surface area contributed by atoms with Crippen LogP contribution in [0.2, 0.25) is 0 Å². The Bertz CT molecular complexity index is 583. The average molecular weight is 300 g/mol. The summed E-state index contributed by atoms with van der Waals surface area (Å²) in [4.78, 5) is 0. The van der Waals surface area contributed by atoms with E-state index >= 15 is 0 Å². The molecule has 22 heavy (non-hydrogen) atoms. The maximum Gasteiger partial charge on any atom is 0.110 e. The van der Waals surface area contributed by atoms with Crippen LogP contribution >= 0.6 is 0 Å². The molecular formula is C20H28O2. The molecule has 0 N–H and O–H groups in total. The molecule has 0 amide bonds. The maximum atomic E-state index is 6.46. The summed E-state index contributed by atoms with van der Waals surface area (Å²) in [6, 6.07) is 6.40. The Hall–Kier alpha value is -1.12. The van der Waals surface area contributed by atoms with Crippen molar-refractivity contribution in [3.8, 4) is 0 Å². The van der Waals surface area contributed by atoms with Gasteiger partial charge in [0.2, 0.25) is 0 Å². The molecule has 0 radical (unpaired) electrons. The lowest BCUT2D eigenvalue weighted by molar-refractivity contribution is -0.0960. The van der Waals surface area contributed by atoms with E-state index in [0.29, 0.717) is 12.5 Å². The van der Waals surface area contributed by atoms with Crippen LogP contribution in [0.5, 0.6) is 0 Å². The summed E-state index contributed by atoms with van der Waals surface area (Å²) in [5.74, 6) is 0.440. The minimum absolute atomic E-state index is 0.00246.